The molecule has 0 fully saturated rings. The van der Waals surface area contributed by atoms with Gasteiger partial charge in [-0.15, -0.1) is 0 Å². The first-order chi connectivity index (χ1) is 30.6. The van der Waals surface area contributed by atoms with Crippen molar-refractivity contribution in [2.75, 3.05) is 0 Å². The third kappa shape index (κ3) is 4.26. The Morgan fingerprint density at radius 3 is 1.85 bits per heavy atom. The Morgan fingerprint density at radius 1 is 0.532 bits per heavy atom. The molecule has 8 aromatic carbocycles. The van der Waals surface area contributed by atoms with Gasteiger partial charge in [0, 0.05) is 33.9 Å². The van der Waals surface area contributed by atoms with E-state index < -0.39 is 5.41 Å². The van der Waals surface area contributed by atoms with Gasteiger partial charge in [0.05, 0.1) is 57.1 Å². The molecule has 5 heteroatoms. The number of aryl methyl sites for hydroxylation is 1. The normalized spacial score (nSPS) is 13.0. The van der Waals surface area contributed by atoms with Gasteiger partial charge >= 0.3 is 0 Å². The fourth-order valence-corrected chi connectivity index (χ4v) is 11.2. The van der Waals surface area contributed by atoms with Gasteiger partial charge < -0.3 is 9.13 Å². The Labute approximate surface area is 357 Å². The fraction of sp³-hybridized carbons (Fsp3) is 0.0351. The quantitative estimate of drug-likeness (QED) is 0.167. The van der Waals surface area contributed by atoms with Gasteiger partial charge in [0.1, 0.15) is 0 Å². The molecule has 0 saturated heterocycles. The van der Waals surface area contributed by atoms with Crippen molar-refractivity contribution in [3.8, 4) is 50.8 Å². The average Bonchev–Trinajstić information content (AvgIpc) is 4.02. The van der Waals surface area contributed by atoms with Gasteiger partial charge in [-0.2, -0.15) is 5.26 Å². The molecule has 13 rings (SSSR count). The standard InChI is InChI=1S/C57H33N5/c1-34-13-3-4-14-37(34)35-23-25-51-43(29-35)45-33-60-28-27-52(45)62(51)56-36(32-58)24-26-53(55(56)59-2)61-50-22-12-8-18-41(50)44-30-42-40-17-7-11-21-48(40)57(49(42)31-54(44)61)46-19-9-5-15-38(46)39-16-6-10-20-47(39)57/h3-31,33H,1H3. The molecule has 1 spiro atoms. The first-order valence-electron chi connectivity index (χ1n) is 20.9. The average molecular weight is 788 g/mol. The van der Waals surface area contributed by atoms with Crippen molar-refractivity contribution in [2.24, 2.45) is 0 Å². The summed E-state index contributed by atoms with van der Waals surface area (Å²) in [7, 11) is 0. The van der Waals surface area contributed by atoms with Crippen molar-refractivity contribution in [3.05, 3.63) is 227 Å². The number of hydrogen-bond donors (Lipinski definition) is 0. The number of benzene rings is 8. The fourth-order valence-electron chi connectivity index (χ4n) is 11.2. The maximum absolute atomic E-state index is 10.9. The minimum Gasteiger partial charge on any atom is -0.319 e. The molecule has 0 bridgehead atoms. The second-order valence-corrected chi connectivity index (χ2v) is 16.5. The molecule has 0 atom stereocenters. The van der Waals surface area contributed by atoms with Crippen molar-refractivity contribution >= 4 is 49.3 Å². The summed E-state index contributed by atoms with van der Waals surface area (Å²) in [5.74, 6) is 0. The molecular weight excluding hydrogens is 755 g/mol. The minimum atomic E-state index is -0.527. The van der Waals surface area contributed by atoms with Crippen LogP contribution in [-0.4, -0.2) is 14.1 Å². The van der Waals surface area contributed by atoms with Crippen LogP contribution in [0.2, 0.25) is 0 Å². The predicted octanol–water partition coefficient (Wildman–Crippen LogP) is 14.0. The van der Waals surface area contributed by atoms with Crippen LogP contribution in [-0.2, 0) is 5.41 Å². The van der Waals surface area contributed by atoms with Gasteiger partial charge in [-0.1, -0.05) is 121 Å². The summed E-state index contributed by atoms with van der Waals surface area (Å²) in [5, 5.41) is 15.0. The molecule has 0 unspecified atom stereocenters. The summed E-state index contributed by atoms with van der Waals surface area (Å²) in [5.41, 5.74) is 18.9. The number of nitrogens with zero attached hydrogens (tertiary/aromatic N) is 5. The highest BCUT2D eigenvalue weighted by Gasteiger charge is 2.51. The zero-order valence-corrected chi connectivity index (χ0v) is 33.6. The molecule has 62 heavy (non-hydrogen) atoms. The Balaban J connectivity index is 1.13. The number of rotatable bonds is 3. The molecule has 0 aliphatic heterocycles. The van der Waals surface area contributed by atoms with Gasteiger partial charge in [0.15, 0.2) is 0 Å². The van der Waals surface area contributed by atoms with Crippen LogP contribution in [0.3, 0.4) is 0 Å². The largest absolute Gasteiger partial charge is 0.319 e. The summed E-state index contributed by atoms with van der Waals surface area (Å²) < 4.78 is 4.37. The lowest BCUT2D eigenvalue weighted by Gasteiger charge is -2.30. The summed E-state index contributed by atoms with van der Waals surface area (Å²) in [6.07, 6.45) is 3.68. The van der Waals surface area contributed by atoms with E-state index in [1.807, 2.05) is 24.4 Å². The van der Waals surface area contributed by atoms with Crippen LogP contribution < -0.4 is 0 Å². The lowest BCUT2D eigenvalue weighted by Crippen LogP contribution is -2.25. The molecule has 3 heterocycles. The topological polar surface area (TPSA) is 50.9 Å². The van der Waals surface area contributed by atoms with Crippen molar-refractivity contribution in [3.63, 3.8) is 0 Å². The van der Waals surface area contributed by atoms with Crippen molar-refractivity contribution in [2.45, 2.75) is 12.3 Å². The molecule has 0 amide bonds. The molecule has 5 nitrogen and oxygen atoms in total. The van der Waals surface area contributed by atoms with E-state index in [9.17, 15) is 5.26 Å². The van der Waals surface area contributed by atoms with Gasteiger partial charge in [-0.25, -0.2) is 4.85 Å². The summed E-state index contributed by atoms with van der Waals surface area (Å²) in [6.45, 7) is 11.1. The number of hydrogen-bond acceptors (Lipinski definition) is 2. The number of para-hydroxylation sites is 1. The summed E-state index contributed by atoms with van der Waals surface area (Å²) >= 11 is 0. The molecule has 2 aliphatic carbocycles. The second-order valence-electron chi connectivity index (χ2n) is 16.5. The van der Waals surface area contributed by atoms with Gasteiger partial charge in [-0.05, 0) is 117 Å². The predicted molar refractivity (Wildman–Crippen MR) is 250 cm³/mol. The van der Waals surface area contributed by atoms with E-state index in [-0.39, 0.29) is 0 Å². The Morgan fingerprint density at radius 2 is 1.15 bits per heavy atom. The zero-order chi connectivity index (χ0) is 41.3. The second kappa shape index (κ2) is 12.5. The smallest absolute Gasteiger partial charge is 0.235 e. The Bertz CT molecular complexity index is 3820. The number of nitriles is 1. The van der Waals surface area contributed by atoms with E-state index in [1.54, 1.807) is 6.20 Å². The van der Waals surface area contributed by atoms with Crippen LogP contribution in [0.4, 0.5) is 5.69 Å². The van der Waals surface area contributed by atoms with E-state index >= 15 is 0 Å². The SMILES string of the molecule is [C-]#[N+]c1c(-n2c3ccccc3c3cc4c(cc32)C2(c3ccccc3-c3ccccc32)c2ccccc2-4)ccc(C#N)c1-n1c2ccncc2c2cc(-c3ccccc3C)ccc21. The van der Waals surface area contributed by atoms with E-state index in [4.69, 9.17) is 6.57 Å². The lowest BCUT2D eigenvalue weighted by molar-refractivity contribution is 0.794. The van der Waals surface area contributed by atoms with Crippen molar-refractivity contribution < 1.29 is 0 Å². The van der Waals surface area contributed by atoms with Gasteiger partial charge in [-0.3, -0.25) is 4.98 Å². The minimum absolute atomic E-state index is 0.403. The number of aromatic nitrogens is 3. The molecule has 11 aromatic rings. The van der Waals surface area contributed by atoms with Crippen molar-refractivity contribution in [1.29, 1.82) is 5.26 Å². The summed E-state index contributed by atoms with van der Waals surface area (Å²) in [6, 6.07) is 63.1. The molecule has 3 aromatic heterocycles. The highest BCUT2D eigenvalue weighted by Crippen LogP contribution is 2.63. The molecule has 286 valence electrons. The van der Waals surface area contributed by atoms with Crippen LogP contribution in [0, 0.1) is 24.8 Å². The van der Waals surface area contributed by atoms with E-state index in [1.165, 1.54) is 50.1 Å². The Kier molecular flexibility index (Phi) is 6.93. The zero-order valence-electron chi connectivity index (χ0n) is 33.6. The molecule has 0 N–H and O–H groups in total. The lowest BCUT2D eigenvalue weighted by atomic mass is 9.70. The van der Waals surface area contributed by atoms with Crippen LogP contribution in [0.15, 0.2) is 182 Å². The van der Waals surface area contributed by atoms with Crippen molar-refractivity contribution in [1.82, 2.24) is 14.1 Å². The third-order valence-corrected chi connectivity index (χ3v) is 13.6. The molecular formula is C57H33N5. The number of fused-ring (bicyclic) bond motifs is 16. The maximum Gasteiger partial charge on any atom is 0.235 e. The summed E-state index contributed by atoms with van der Waals surface area (Å²) in [4.78, 5) is 8.93. The molecule has 0 saturated carbocycles. The first-order valence-corrected chi connectivity index (χ1v) is 20.9. The molecule has 2 aliphatic rings. The van der Waals surface area contributed by atoms with Gasteiger partial charge in [0.25, 0.3) is 0 Å². The van der Waals surface area contributed by atoms with Crippen LogP contribution in [0.1, 0.15) is 33.4 Å². The van der Waals surface area contributed by atoms with E-state index in [0.717, 1.165) is 60.4 Å². The third-order valence-electron chi connectivity index (χ3n) is 13.6. The molecule has 0 radical (unpaired) electrons. The van der Waals surface area contributed by atoms with Crippen LogP contribution >= 0.6 is 0 Å². The van der Waals surface area contributed by atoms with E-state index in [0.29, 0.717) is 16.9 Å². The highest BCUT2D eigenvalue weighted by molar-refractivity contribution is 6.14. The highest BCUT2D eigenvalue weighted by atomic mass is 15.1. The van der Waals surface area contributed by atoms with Crippen LogP contribution in [0.25, 0.3) is 93.2 Å². The first kappa shape index (κ1) is 34.4. The maximum atomic E-state index is 10.9. The monoisotopic (exact) mass is 787 g/mol. The van der Waals surface area contributed by atoms with Crippen LogP contribution in [0.5, 0.6) is 0 Å². The van der Waals surface area contributed by atoms with E-state index in [2.05, 4.69) is 184 Å². The number of pyridine rings is 1. The van der Waals surface area contributed by atoms with Gasteiger partial charge in [0.2, 0.25) is 5.69 Å². The Hall–Kier alpha value is -8.51.